The molecule has 1 aliphatic heterocycles. The van der Waals surface area contributed by atoms with E-state index in [0.717, 1.165) is 6.92 Å². The number of hydrogen-bond donors (Lipinski definition) is 15. The van der Waals surface area contributed by atoms with Crippen molar-refractivity contribution in [3.63, 3.8) is 0 Å². The largest absolute Gasteiger partial charge is 0.480 e. The molecule has 0 bridgehead atoms. The van der Waals surface area contributed by atoms with Crippen LogP contribution in [-0.4, -0.2) is 180 Å². The number of aliphatic hydroxyl groups excluding tert-OH is 3. The summed E-state index contributed by atoms with van der Waals surface area (Å²) in [6, 6.07) is -4.58. The molecule has 16 N–H and O–H groups in total. The first-order valence-corrected chi connectivity index (χ1v) is 23.4. The average molecular weight is 1020 g/mol. The number of benzene rings is 1. The minimum atomic E-state index is -1.77. The van der Waals surface area contributed by atoms with Gasteiger partial charge in [0.1, 0.15) is 48.3 Å². The molecule has 3 rings (SSSR count). The van der Waals surface area contributed by atoms with Gasteiger partial charge in [0, 0.05) is 43.5 Å². The number of nitrogens with zero attached hydrogens (tertiary/aromatic N) is 2. The molecule has 9 amide bonds. The van der Waals surface area contributed by atoms with E-state index in [1.165, 1.54) is 24.3 Å². The number of carbonyl (C=O) groups excluding carboxylic acids is 9. The molecule has 71 heavy (non-hydrogen) atoms. The number of aliphatic carboxylic acids is 1. The Labute approximate surface area is 414 Å². The summed E-state index contributed by atoms with van der Waals surface area (Å²) in [5.74, 6) is -10.6. The SMILES string of the molecule is CC(C)[C@H](NC(=O)[C@H](Cc1cnc[nH]1)NC(=O)[C@@H](NC(=O)[C@H](CS)NC(=O)[C@H](CCC(N)=O)NC(=O)[C@@H](N)CO)[C@@H](C)O)C(=O)N1CCC[C@H]1C(=O)N[C@@H](Cc1ccccc1)C(=O)N[C@H](C(=O)O)[C@@H](C)O. The Morgan fingerprint density at radius 3 is 1.83 bits per heavy atom. The van der Waals surface area contributed by atoms with Crippen LogP contribution < -0.4 is 48.7 Å². The van der Waals surface area contributed by atoms with Gasteiger partial charge >= 0.3 is 5.97 Å². The summed E-state index contributed by atoms with van der Waals surface area (Å²) in [4.78, 5) is 140. The average Bonchev–Trinajstić information content (AvgIpc) is 4.04. The van der Waals surface area contributed by atoms with Crippen LogP contribution in [0.25, 0.3) is 0 Å². The number of aromatic nitrogens is 2. The summed E-state index contributed by atoms with van der Waals surface area (Å²) >= 11 is 4.13. The van der Waals surface area contributed by atoms with Crippen molar-refractivity contribution >= 4 is 71.8 Å². The van der Waals surface area contributed by atoms with Gasteiger partial charge in [-0.2, -0.15) is 12.6 Å². The fraction of sp³-hybridized carbons (Fsp3) is 0.568. The Kier molecular flexibility index (Phi) is 23.3. The monoisotopic (exact) mass is 1020 g/mol. The van der Waals surface area contributed by atoms with Crippen LogP contribution in [0.4, 0.5) is 0 Å². The van der Waals surface area contributed by atoms with Gasteiger partial charge in [-0.3, -0.25) is 43.2 Å². The van der Waals surface area contributed by atoms with E-state index in [9.17, 15) is 68.4 Å². The van der Waals surface area contributed by atoms with E-state index in [1.807, 2.05) is 0 Å². The molecule has 1 aromatic heterocycles. The summed E-state index contributed by atoms with van der Waals surface area (Å²) in [6.45, 7) is 4.91. The molecule has 0 saturated carbocycles. The van der Waals surface area contributed by atoms with Crippen LogP contribution in [-0.2, 0) is 60.8 Å². The van der Waals surface area contributed by atoms with E-state index >= 15 is 0 Å². The molecule has 0 aliphatic carbocycles. The zero-order valence-electron chi connectivity index (χ0n) is 39.7. The van der Waals surface area contributed by atoms with Crippen LogP contribution in [0.3, 0.4) is 0 Å². The molecule has 392 valence electrons. The molecule has 1 fully saturated rings. The molecule has 0 spiro atoms. The first kappa shape index (κ1) is 58.6. The van der Waals surface area contributed by atoms with E-state index in [-0.39, 0.29) is 44.4 Å². The Morgan fingerprint density at radius 2 is 1.30 bits per heavy atom. The molecule has 0 radical (unpaired) electrons. The molecular weight excluding hydrogens is 953 g/mol. The topological polar surface area (TPSA) is 420 Å². The number of hydrogen-bond acceptors (Lipinski definition) is 16. The number of aliphatic hydroxyl groups is 3. The Bertz CT molecular complexity index is 2170. The maximum absolute atomic E-state index is 14.4. The third kappa shape index (κ3) is 17.9. The molecule has 1 aromatic carbocycles. The number of carboxylic acids is 1. The molecule has 27 heteroatoms. The highest BCUT2D eigenvalue weighted by Crippen LogP contribution is 2.21. The number of amides is 9. The third-order valence-electron chi connectivity index (χ3n) is 11.4. The summed E-state index contributed by atoms with van der Waals surface area (Å²) in [5.41, 5.74) is 11.7. The third-order valence-corrected chi connectivity index (χ3v) is 11.7. The van der Waals surface area contributed by atoms with E-state index < -0.39 is 138 Å². The Balaban J connectivity index is 1.82. The number of nitrogens with one attached hydrogen (secondary N) is 8. The van der Waals surface area contributed by atoms with Crippen LogP contribution in [0.2, 0.25) is 0 Å². The smallest absolute Gasteiger partial charge is 0.328 e. The highest BCUT2D eigenvalue weighted by molar-refractivity contribution is 7.80. The number of nitrogens with two attached hydrogens (primary N) is 2. The van der Waals surface area contributed by atoms with Crippen molar-refractivity contribution in [2.45, 2.75) is 133 Å². The zero-order chi connectivity index (χ0) is 53.1. The maximum Gasteiger partial charge on any atom is 0.328 e. The van der Waals surface area contributed by atoms with Crippen LogP contribution >= 0.6 is 12.6 Å². The fourth-order valence-corrected chi connectivity index (χ4v) is 7.61. The van der Waals surface area contributed by atoms with Gasteiger partial charge in [-0.1, -0.05) is 44.2 Å². The van der Waals surface area contributed by atoms with Gasteiger partial charge < -0.3 is 79.0 Å². The van der Waals surface area contributed by atoms with Crippen molar-refractivity contribution in [2.24, 2.45) is 17.4 Å². The standard InChI is InChI=1S/C44H66N12O14S/c1-21(2)33(43(68)56-14-8-11-31(56)41(66)50-28(15-24-9-6-5-7-10-24)38(63)55-35(23(4)59)44(69)70)53-39(64)29(16-25-17-47-20-48-25)51-42(67)34(22(3)58)54-40(65)30(19-71)52-37(62)27(12-13-32(46)60)49-36(61)26(45)18-57/h5-7,9-10,17,20-23,26-31,33-35,57-59,71H,8,11-16,18-19,45H2,1-4H3,(H2,46,60)(H,47,48)(H,49,61)(H,50,66)(H,51,67)(H,52,62)(H,53,64)(H,54,65)(H,55,63)(H,69,70)/t22-,23-,26+,27+,28+,29+,30+,31+,33+,34+,35+/m1/s1. The normalized spacial score (nSPS) is 17.6. The summed E-state index contributed by atoms with van der Waals surface area (Å²) in [6.07, 6.45) is -0.908. The van der Waals surface area contributed by atoms with Gasteiger partial charge in [0.15, 0.2) is 6.04 Å². The molecule has 1 aliphatic rings. The van der Waals surface area contributed by atoms with Gasteiger partial charge in [0.2, 0.25) is 53.2 Å². The van der Waals surface area contributed by atoms with Crippen LogP contribution in [0, 0.1) is 5.92 Å². The first-order valence-electron chi connectivity index (χ1n) is 22.8. The molecule has 11 atom stereocenters. The molecular formula is C44H66N12O14S. The molecule has 1 saturated heterocycles. The van der Waals surface area contributed by atoms with Gasteiger partial charge in [0.25, 0.3) is 0 Å². The van der Waals surface area contributed by atoms with Gasteiger partial charge in [-0.15, -0.1) is 0 Å². The van der Waals surface area contributed by atoms with Crippen molar-refractivity contribution in [2.75, 3.05) is 18.9 Å². The maximum atomic E-state index is 14.4. The minimum absolute atomic E-state index is 0.0745. The molecule has 26 nitrogen and oxygen atoms in total. The summed E-state index contributed by atoms with van der Waals surface area (Å²) < 4.78 is 0. The summed E-state index contributed by atoms with van der Waals surface area (Å²) in [5, 5.41) is 56.6. The minimum Gasteiger partial charge on any atom is -0.480 e. The predicted molar refractivity (Wildman–Crippen MR) is 254 cm³/mol. The number of likely N-dealkylation sites (tertiary alicyclic amines) is 1. The molecule has 2 heterocycles. The fourth-order valence-electron chi connectivity index (χ4n) is 7.35. The second kappa shape index (κ2) is 28.2. The number of carboxylic acid groups (broad SMARTS) is 1. The van der Waals surface area contributed by atoms with E-state index in [4.69, 9.17) is 11.5 Å². The lowest BCUT2D eigenvalue weighted by molar-refractivity contribution is -0.146. The van der Waals surface area contributed by atoms with Crippen molar-refractivity contribution in [1.29, 1.82) is 0 Å². The van der Waals surface area contributed by atoms with E-state index in [2.05, 4.69) is 59.8 Å². The second-order valence-electron chi connectivity index (χ2n) is 17.4. The number of imidazole rings is 1. The predicted octanol–water partition coefficient (Wildman–Crippen LogP) is -5.40. The first-order chi connectivity index (χ1) is 33.5. The van der Waals surface area contributed by atoms with Crippen molar-refractivity contribution < 1.29 is 68.4 Å². The highest BCUT2D eigenvalue weighted by atomic mass is 32.1. The quantitative estimate of drug-likeness (QED) is 0.0354. The van der Waals surface area contributed by atoms with Crippen LogP contribution in [0.5, 0.6) is 0 Å². The van der Waals surface area contributed by atoms with Gasteiger partial charge in [0.05, 0.1) is 25.1 Å². The zero-order valence-corrected chi connectivity index (χ0v) is 40.6. The van der Waals surface area contributed by atoms with E-state index in [0.29, 0.717) is 17.7 Å². The van der Waals surface area contributed by atoms with Crippen molar-refractivity contribution in [3.05, 3.63) is 54.1 Å². The Hall–Kier alpha value is -6.68. The number of H-pyrrole nitrogens is 1. The van der Waals surface area contributed by atoms with E-state index in [1.54, 1.807) is 44.2 Å². The van der Waals surface area contributed by atoms with Crippen LogP contribution in [0.1, 0.15) is 64.6 Å². The number of primary amides is 1. The number of carbonyl (C=O) groups is 10. The Morgan fingerprint density at radius 1 is 0.746 bits per heavy atom. The molecule has 2 aromatic rings. The number of thiol groups is 1. The highest BCUT2D eigenvalue weighted by Gasteiger charge is 2.42. The number of aromatic amines is 1. The van der Waals surface area contributed by atoms with Crippen LogP contribution in [0.15, 0.2) is 42.9 Å². The van der Waals surface area contributed by atoms with Gasteiger partial charge in [-0.25, -0.2) is 9.78 Å². The lowest BCUT2D eigenvalue weighted by Gasteiger charge is -2.32. The van der Waals surface area contributed by atoms with Crippen molar-refractivity contribution in [1.82, 2.24) is 52.1 Å². The lowest BCUT2D eigenvalue weighted by atomic mass is 10.0. The molecule has 0 unspecified atom stereocenters. The van der Waals surface area contributed by atoms with Gasteiger partial charge in [-0.05, 0) is 44.6 Å². The summed E-state index contributed by atoms with van der Waals surface area (Å²) in [7, 11) is 0. The second-order valence-corrected chi connectivity index (χ2v) is 17.8. The van der Waals surface area contributed by atoms with Crippen molar-refractivity contribution in [3.8, 4) is 0 Å². The number of rotatable bonds is 28. The lowest BCUT2D eigenvalue weighted by Crippen LogP contribution is -2.63.